The summed E-state index contributed by atoms with van der Waals surface area (Å²) in [5, 5.41) is 3.50. The van der Waals surface area contributed by atoms with Crippen LogP contribution in [-0.4, -0.2) is 19.8 Å². The molecule has 0 atom stereocenters. The van der Waals surface area contributed by atoms with E-state index in [4.69, 9.17) is 9.47 Å². The molecule has 0 unspecified atom stereocenters. The van der Waals surface area contributed by atoms with Gasteiger partial charge in [-0.25, -0.2) is 0 Å². The Morgan fingerprint density at radius 2 is 2.17 bits per heavy atom. The lowest BCUT2D eigenvalue weighted by Crippen LogP contribution is -2.15. The molecule has 1 aliphatic rings. The van der Waals surface area contributed by atoms with Crippen molar-refractivity contribution in [2.24, 2.45) is 0 Å². The zero-order valence-corrected chi connectivity index (χ0v) is 12.5. The van der Waals surface area contributed by atoms with Gasteiger partial charge in [-0.2, -0.15) is 0 Å². The maximum atomic E-state index is 5.71. The fourth-order valence-electron chi connectivity index (χ4n) is 1.77. The molecule has 1 aromatic rings. The van der Waals surface area contributed by atoms with Crippen molar-refractivity contribution in [3.05, 3.63) is 22.2 Å². The minimum atomic E-state index is 0.703. The average molecular weight is 314 g/mol. The Balaban J connectivity index is 2.09. The van der Waals surface area contributed by atoms with E-state index in [1.165, 1.54) is 18.4 Å². The quantitative estimate of drug-likeness (QED) is 0.835. The van der Waals surface area contributed by atoms with E-state index >= 15 is 0 Å². The van der Waals surface area contributed by atoms with Gasteiger partial charge in [-0.3, -0.25) is 0 Å². The molecule has 100 valence electrons. The fraction of sp³-hybridized carbons (Fsp3) is 0.571. The standard InChI is InChI=1S/C14H20BrNO2/c1-3-6-18-14-12(15)7-10(8-13(14)17-2)9-16-11-4-5-11/h7-8,11,16H,3-6,9H2,1-2H3. The molecule has 1 N–H and O–H groups in total. The molecule has 0 aliphatic heterocycles. The lowest BCUT2D eigenvalue weighted by molar-refractivity contribution is 0.292. The number of hydrogen-bond acceptors (Lipinski definition) is 3. The van der Waals surface area contributed by atoms with E-state index in [2.05, 4.69) is 34.2 Å². The van der Waals surface area contributed by atoms with Gasteiger partial charge < -0.3 is 14.8 Å². The average Bonchev–Trinajstić information content (AvgIpc) is 3.18. The first-order chi connectivity index (χ1) is 8.74. The Hall–Kier alpha value is -0.740. The molecule has 0 aromatic heterocycles. The van der Waals surface area contributed by atoms with Crippen LogP contribution in [-0.2, 0) is 6.54 Å². The Kier molecular flexibility index (Phi) is 4.89. The second kappa shape index (κ2) is 6.43. The summed E-state index contributed by atoms with van der Waals surface area (Å²) in [6.45, 7) is 3.68. The number of rotatable bonds is 7. The van der Waals surface area contributed by atoms with Gasteiger partial charge in [-0.05, 0) is 52.9 Å². The van der Waals surface area contributed by atoms with Crippen LogP contribution >= 0.6 is 15.9 Å². The number of methoxy groups -OCH3 is 1. The second-order valence-corrected chi connectivity index (χ2v) is 5.47. The normalized spacial score (nSPS) is 14.6. The van der Waals surface area contributed by atoms with Gasteiger partial charge in [-0.15, -0.1) is 0 Å². The van der Waals surface area contributed by atoms with E-state index < -0.39 is 0 Å². The second-order valence-electron chi connectivity index (χ2n) is 4.61. The van der Waals surface area contributed by atoms with Crippen molar-refractivity contribution in [2.45, 2.75) is 38.8 Å². The van der Waals surface area contributed by atoms with Crippen molar-refractivity contribution in [3.63, 3.8) is 0 Å². The van der Waals surface area contributed by atoms with Crippen LogP contribution in [0.25, 0.3) is 0 Å². The molecule has 0 spiro atoms. The van der Waals surface area contributed by atoms with Crippen molar-refractivity contribution in [1.82, 2.24) is 5.32 Å². The first kappa shape index (κ1) is 13.7. The smallest absolute Gasteiger partial charge is 0.175 e. The topological polar surface area (TPSA) is 30.5 Å². The van der Waals surface area contributed by atoms with Gasteiger partial charge in [0.2, 0.25) is 0 Å². The highest BCUT2D eigenvalue weighted by Gasteiger charge is 2.20. The van der Waals surface area contributed by atoms with Gasteiger partial charge in [0.15, 0.2) is 11.5 Å². The van der Waals surface area contributed by atoms with Gasteiger partial charge in [0, 0.05) is 12.6 Å². The number of halogens is 1. The van der Waals surface area contributed by atoms with E-state index in [-0.39, 0.29) is 0 Å². The predicted molar refractivity (Wildman–Crippen MR) is 76.3 cm³/mol. The molecule has 1 aliphatic carbocycles. The lowest BCUT2D eigenvalue weighted by Gasteiger charge is -2.14. The lowest BCUT2D eigenvalue weighted by atomic mass is 10.2. The summed E-state index contributed by atoms with van der Waals surface area (Å²) < 4.78 is 12.1. The minimum absolute atomic E-state index is 0.703. The van der Waals surface area contributed by atoms with Gasteiger partial charge in [0.05, 0.1) is 18.2 Å². The van der Waals surface area contributed by atoms with Crippen molar-refractivity contribution in [1.29, 1.82) is 0 Å². The van der Waals surface area contributed by atoms with Crippen LogP contribution in [0.4, 0.5) is 0 Å². The molecule has 2 rings (SSSR count). The van der Waals surface area contributed by atoms with Crippen LogP contribution in [0.15, 0.2) is 16.6 Å². The van der Waals surface area contributed by atoms with E-state index in [0.717, 1.165) is 28.9 Å². The van der Waals surface area contributed by atoms with Crippen LogP contribution in [0.2, 0.25) is 0 Å². The third-order valence-corrected chi connectivity index (χ3v) is 3.50. The maximum absolute atomic E-state index is 5.71. The largest absolute Gasteiger partial charge is 0.493 e. The molecule has 0 heterocycles. The third kappa shape index (κ3) is 3.62. The van der Waals surface area contributed by atoms with Crippen molar-refractivity contribution in [3.8, 4) is 11.5 Å². The highest BCUT2D eigenvalue weighted by Crippen LogP contribution is 2.37. The summed E-state index contributed by atoms with van der Waals surface area (Å²) in [5.74, 6) is 1.60. The number of hydrogen-bond donors (Lipinski definition) is 1. The highest BCUT2D eigenvalue weighted by molar-refractivity contribution is 9.10. The molecule has 0 saturated heterocycles. The van der Waals surface area contributed by atoms with Gasteiger partial charge >= 0.3 is 0 Å². The van der Waals surface area contributed by atoms with E-state index in [1.807, 2.05) is 6.07 Å². The number of benzene rings is 1. The summed E-state index contributed by atoms with van der Waals surface area (Å²) >= 11 is 3.56. The maximum Gasteiger partial charge on any atom is 0.175 e. The number of ether oxygens (including phenoxy) is 2. The predicted octanol–water partition coefficient (Wildman–Crippen LogP) is 3.50. The van der Waals surface area contributed by atoms with E-state index in [1.54, 1.807) is 7.11 Å². The Labute approximate surface area is 117 Å². The zero-order chi connectivity index (χ0) is 13.0. The van der Waals surface area contributed by atoms with Crippen LogP contribution in [0.1, 0.15) is 31.7 Å². The van der Waals surface area contributed by atoms with E-state index in [0.29, 0.717) is 12.6 Å². The molecule has 1 saturated carbocycles. The van der Waals surface area contributed by atoms with Gasteiger partial charge in [-0.1, -0.05) is 6.92 Å². The molecule has 0 amide bonds. The zero-order valence-electron chi connectivity index (χ0n) is 11.0. The number of nitrogens with one attached hydrogen (secondary N) is 1. The van der Waals surface area contributed by atoms with Gasteiger partial charge in [0.1, 0.15) is 0 Å². The first-order valence-electron chi connectivity index (χ1n) is 6.47. The van der Waals surface area contributed by atoms with E-state index in [9.17, 15) is 0 Å². The highest BCUT2D eigenvalue weighted by atomic mass is 79.9. The molecule has 0 bridgehead atoms. The Morgan fingerprint density at radius 3 is 2.78 bits per heavy atom. The molecule has 1 aromatic carbocycles. The molecule has 4 heteroatoms. The summed E-state index contributed by atoms with van der Waals surface area (Å²) in [6, 6.07) is 4.86. The molecule has 1 fully saturated rings. The summed E-state index contributed by atoms with van der Waals surface area (Å²) in [6.07, 6.45) is 3.59. The van der Waals surface area contributed by atoms with Crippen LogP contribution in [0.5, 0.6) is 11.5 Å². The molecular weight excluding hydrogens is 294 g/mol. The monoisotopic (exact) mass is 313 g/mol. The fourth-order valence-corrected chi connectivity index (χ4v) is 2.37. The minimum Gasteiger partial charge on any atom is -0.493 e. The Morgan fingerprint density at radius 1 is 1.39 bits per heavy atom. The Bertz CT molecular complexity index is 405. The third-order valence-electron chi connectivity index (χ3n) is 2.91. The van der Waals surface area contributed by atoms with Crippen LogP contribution in [0, 0.1) is 0 Å². The summed E-state index contributed by atoms with van der Waals surface area (Å²) in [4.78, 5) is 0. The molecule has 18 heavy (non-hydrogen) atoms. The van der Waals surface area contributed by atoms with Crippen LogP contribution in [0.3, 0.4) is 0 Å². The van der Waals surface area contributed by atoms with Crippen molar-refractivity contribution < 1.29 is 9.47 Å². The first-order valence-corrected chi connectivity index (χ1v) is 7.26. The summed E-state index contributed by atoms with van der Waals surface area (Å²) in [5.41, 5.74) is 1.22. The molecule has 0 radical (unpaired) electrons. The van der Waals surface area contributed by atoms with Crippen molar-refractivity contribution >= 4 is 15.9 Å². The van der Waals surface area contributed by atoms with Gasteiger partial charge in [0.25, 0.3) is 0 Å². The van der Waals surface area contributed by atoms with Crippen LogP contribution < -0.4 is 14.8 Å². The molecule has 3 nitrogen and oxygen atoms in total. The SMILES string of the molecule is CCCOc1c(Br)cc(CNC2CC2)cc1OC. The summed E-state index contributed by atoms with van der Waals surface area (Å²) in [7, 11) is 1.68. The molecular formula is C14H20BrNO2. The van der Waals surface area contributed by atoms with Crippen molar-refractivity contribution in [2.75, 3.05) is 13.7 Å².